The summed E-state index contributed by atoms with van der Waals surface area (Å²) in [6.07, 6.45) is 0. The number of hydrogen-bond donors (Lipinski definition) is 1. The summed E-state index contributed by atoms with van der Waals surface area (Å²) in [7, 11) is -1.36. The van der Waals surface area contributed by atoms with E-state index in [4.69, 9.17) is 4.74 Å². The summed E-state index contributed by atoms with van der Waals surface area (Å²) < 4.78 is 29.5. The number of sulfone groups is 1. The summed E-state index contributed by atoms with van der Waals surface area (Å²) in [6.45, 7) is 4.98. The van der Waals surface area contributed by atoms with Crippen LogP contribution < -0.4 is 10.1 Å². The average molecular weight is 529 g/mol. The summed E-state index contributed by atoms with van der Waals surface area (Å²) in [4.78, 5) is 6.34. The first kappa shape index (κ1) is 23.5. The lowest BCUT2D eigenvalue weighted by atomic mass is 10.2. The molecule has 1 aliphatic rings. The molecule has 0 bridgehead atoms. The second kappa shape index (κ2) is 9.80. The third kappa shape index (κ3) is 5.85. The van der Waals surface area contributed by atoms with Gasteiger partial charge in [-0.25, -0.2) is 8.42 Å². The number of benzene rings is 2. The molecule has 1 aliphatic heterocycles. The molecule has 2 aromatic rings. The van der Waals surface area contributed by atoms with Crippen molar-refractivity contribution in [3.05, 3.63) is 60.2 Å². The highest BCUT2D eigenvalue weighted by atomic mass is 127. The van der Waals surface area contributed by atoms with Gasteiger partial charge in [0.2, 0.25) is 0 Å². The highest BCUT2D eigenvalue weighted by Crippen LogP contribution is 2.24. The Morgan fingerprint density at radius 3 is 2.48 bits per heavy atom. The fraction of sp³-hybridized carbons (Fsp3) is 0.381. The Labute approximate surface area is 190 Å². The molecule has 1 fully saturated rings. The Kier molecular flexibility index (Phi) is 7.93. The number of nitrogens with one attached hydrogen (secondary N) is 1. The normalized spacial score (nSPS) is 17.9. The molecule has 8 heteroatoms. The third-order valence-corrected chi connectivity index (χ3v) is 7.42. The van der Waals surface area contributed by atoms with Crippen molar-refractivity contribution in [2.45, 2.75) is 25.1 Å². The van der Waals surface area contributed by atoms with Crippen LogP contribution in [0.15, 0.2) is 59.6 Å². The molecule has 0 amide bonds. The summed E-state index contributed by atoms with van der Waals surface area (Å²) in [5, 5.41) is 3.34. The molecule has 0 aliphatic carbocycles. The Morgan fingerprint density at radius 2 is 1.83 bits per heavy atom. The lowest BCUT2D eigenvalue weighted by molar-refractivity contribution is 0.353. The predicted octanol–water partition coefficient (Wildman–Crippen LogP) is 3.68. The zero-order valence-corrected chi connectivity index (χ0v) is 20.1. The van der Waals surface area contributed by atoms with Crippen LogP contribution in [-0.2, 0) is 16.4 Å². The van der Waals surface area contributed by atoms with E-state index >= 15 is 0 Å². The molecule has 0 spiro atoms. The van der Waals surface area contributed by atoms with E-state index in [0.29, 0.717) is 25.6 Å². The third-order valence-electron chi connectivity index (χ3n) is 4.88. The maximum atomic E-state index is 12.2. The fourth-order valence-electron chi connectivity index (χ4n) is 3.18. The van der Waals surface area contributed by atoms with Crippen molar-refractivity contribution in [3.8, 4) is 11.5 Å². The van der Waals surface area contributed by atoms with Crippen LogP contribution in [0.5, 0.6) is 11.5 Å². The molecule has 1 saturated heterocycles. The van der Waals surface area contributed by atoms with E-state index in [1.54, 1.807) is 20.9 Å². The van der Waals surface area contributed by atoms with Gasteiger partial charge < -0.3 is 15.0 Å². The van der Waals surface area contributed by atoms with Crippen LogP contribution in [0.4, 0.5) is 0 Å². The van der Waals surface area contributed by atoms with Crippen LogP contribution >= 0.6 is 24.0 Å². The zero-order valence-electron chi connectivity index (χ0n) is 17.0. The molecule has 29 heavy (non-hydrogen) atoms. The second-order valence-corrected chi connectivity index (χ2v) is 10.2. The average Bonchev–Trinajstić information content (AvgIpc) is 2.66. The van der Waals surface area contributed by atoms with Gasteiger partial charge in [0, 0.05) is 26.7 Å². The van der Waals surface area contributed by atoms with Crippen LogP contribution in [0.3, 0.4) is 0 Å². The highest BCUT2D eigenvalue weighted by Gasteiger charge is 2.40. The van der Waals surface area contributed by atoms with E-state index in [0.717, 1.165) is 17.1 Å². The van der Waals surface area contributed by atoms with E-state index in [1.165, 1.54) is 0 Å². The fourth-order valence-corrected chi connectivity index (χ4v) is 4.55. The van der Waals surface area contributed by atoms with Gasteiger partial charge in [-0.3, -0.25) is 4.99 Å². The topological polar surface area (TPSA) is 71.0 Å². The van der Waals surface area contributed by atoms with Crippen LogP contribution in [-0.4, -0.2) is 49.9 Å². The van der Waals surface area contributed by atoms with Crippen molar-refractivity contribution in [3.63, 3.8) is 0 Å². The van der Waals surface area contributed by atoms with E-state index in [9.17, 15) is 8.42 Å². The number of guanidine groups is 1. The first-order valence-electron chi connectivity index (χ1n) is 9.30. The summed E-state index contributed by atoms with van der Waals surface area (Å²) in [5.41, 5.74) is 1.05. The van der Waals surface area contributed by atoms with E-state index in [2.05, 4.69) is 10.3 Å². The smallest absolute Gasteiger partial charge is 0.193 e. The van der Waals surface area contributed by atoms with Crippen LogP contribution in [0.1, 0.15) is 19.4 Å². The second-order valence-electron chi connectivity index (χ2n) is 7.46. The summed E-state index contributed by atoms with van der Waals surface area (Å²) in [6, 6.07) is 17.5. The number of nitrogens with zero attached hydrogens (tertiary/aromatic N) is 2. The van der Waals surface area contributed by atoms with Crippen molar-refractivity contribution in [2.24, 2.45) is 4.99 Å². The van der Waals surface area contributed by atoms with Gasteiger partial charge in [-0.05, 0) is 43.7 Å². The quantitative estimate of drug-likeness (QED) is 0.372. The monoisotopic (exact) mass is 529 g/mol. The minimum atomic E-state index is -3.08. The van der Waals surface area contributed by atoms with Crippen LogP contribution in [0.2, 0.25) is 0 Å². The van der Waals surface area contributed by atoms with Gasteiger partial charge in [0.25, 0.3) is 0 Å². The standard InChI is InChI=1S/C21H27N3O3S.HI/c1-21(2)16-24(12-13-28(21,25)26)20(22-3)23-15-17-8-7-11-19(14-17)27-18-9-5-4-6-10-18;/h4-11,14H,12-13,15-16H2,1-3H3,(H,22,23);1H. The number of ether oxygens (including phenoxy) is 1. The van der Waals surface area contributed by atoms with Gasteiger partial charge in [0.1, 0.15) is 11.5 Å². The van der Waals surface area contributed by atoms with Gasteiger partial charge in [0.05, 0.1) is 10.5 Å². The molecule has 1 N–H and O–H groups in total. The van der Waals surface area contributed by atoms with Gasteiger partial charge in [0.15, 0.2) is 15.8 Å². The number of para-hydroxylation sites is 1. The first-order valence-corrected chi connectivity index (χ1v) is 11.0. The molecule has 2 aromatic carbocycles. The Morgan fingerprint density at radius 1 is 1.14 bits per heavy atom. The summed E-state index contributed by atoms with van der Waals surface area (Å²) >= 11 is 0. The Balaban J connectivity index is 0.00000300. The lowest BCUT2D eigenvalue weighted by Crippen LogP contribution is -2.57. The van der Waals surface area contributed by atoms with Crippen LogP contribution in [0.25, 0.3) is 0 Å². The molecule has 0 unspecified atom stereocenters. The molecule has 0 saturated carbocycles. The number of halogens is 1. The maximum Gasteiger partial charge on any atom is 0.193 e. The Bertz CT molecular complexity index is 947. The van der Waals surface area contributed by atoms with Crippen molar-refractivity contribution in [1.29, 1.82) is 0 Å². The van der Waals surface area contributed by atoms with Crippen molar-refractivity contribution >= 4 is 39.8 Å². The van der Waals surface area contributed by atoms with Gasteiger partial charge in [-0.1, -0.05) is 30.3 Å². The molecular weight excluding hydrogens is 501 g/mol. The SMILES string of the molecule is CN=C(NCc1cccc(Oc2ccccc2)c1)N1CCS(=O)(=O)C(C)(C)C1.I. The Hall–Kier alpha value is -1.81. The molecule has 3 rings (SSSR count). The molecule has 0 radical (unpaired) electrons. The predicted molar refractivity (Wildman–Crippen MR) is 128 cm³/mol. The molecule has 0 atom stereocenters. The van der Waals surface area contributed by atoms with Gasteiger partial charge in [-0.2, -0.15) is 0 Å². The minimum Gasteiger partial charge on any atom is -0.457 e. The number of aliphatic imine (C=N–C) groups is 1. The summed E-state index contributed by atoms with van der Waals surface area (Å²) in [5.74, 6) is 2.41. The van der Waals surface area contributed by atoms with E-state index < -0.39 is 14.6 Å². The molecular formula is C21H28IN3O3S. The lowest BCUT2D eigenvalue weighted by Gasteiger charge is -2.39. The molecule has 158 valence electrons. The van der Waals surface area contributed by atoms with Crippen molar-refractivity contribution in [1.82, 2.24) is 10.2 Å². The largest absolute Gasteiger partial charge is 0.457 e. The molecule has 1 heterocycles. The molecule has 6 nitrogen and oxygen atoms in total. The van der Waals surface area contributed by atoms with Crippen molar-refractivity contribution < 1.29 is 13.2 Å². The van der Waals surface area contributed by atoms with E-state index in [1.807, 2.05) is 59.5 Å². The maximum absolute atomic E-state index is 12.2. The molecule has 0 aromatic heterocycles. The zero-order chi connectivity index (χ0) is 20.2. The minimum absolute atomic E-state index is 0. The number of hydrogen-bond acceptors (Lipinski definition) is 4. The van der Waals surface area contributed by atoms with Crippen molar-refractivity contribution in [2.75, 3.05) is 25.9 Å². The number of rotatable bonds is 4. The first-order chi connectivity index (χ1) is 13.3. The van der Waals surface area contributed by atoms with Gasteiger partial charge >= 0.3 is 0 Å². The highest BCUT2D eigenvalue weighted by molar-refractivity contribution is 14.0. The van der Waals surface area contributed by atoms with Gasteiger partial charge in [-0.15, -0.1) is 24.0 Å². The van der Waals surface area contributed by atoms with Crippen LogP contribution in [0, 0.1) is 0 Å². The van der Waals surface area contributed by atoms with E-state index in [-0.39, 0.29) is 29.7 Å².